The van der Waals surface area contributed by atoms with Crippen LogP contribution in [0, 0.1) is 11.3 Å². The van der Waals surface area contributed by atoms with E-state index in [1.165, 1.54) is 5.01 Å². The molecule has 2 aliphatic rings. The zero-order valence-electron chi connectivity index (χ0n) is 22.2. The molecular formula is C25H33N11O3. The highest BCUT2D eigenvalue weighted by Gasteiger charge is 2.29. The van der Waals surface area contributed by atoms with Crippen molar-refractivity contribution < 1.29 is 13.9 Å². The molecule has 206 valence electrons. The minimum absolute atomic E-state index is 0.0329. The molecule has 0 radical (unpaired) electrons. The number of hydrazine groups is 1. The van der Waals surface area contributed by atoms with Crippen LogP contribution in [0.2, 0.25) is 0 Å². The normalized spacial score (nSPS) is 17.8. The van der Waals surface area contributed by atoms with Gasteiger partial charge in [0.05, 0.1) is 22.4 Å². The van der Waals surface area contributed by atoms with E-state index in [1.807, 2.05) is 4.90 Å². The summed E-state index contributed by atoms with van der Waals surface area (Å²) in [7, 11) is 0. The van der Waals surface area contributed by atoms with Crippen molar-refractivity contribution in [1.29, 1.82) is 0 Å². The number of nitrogens with two attached hydrogens (primary N) is 2. The van der Waals surface area contributed by atoms with Gasteiger partial charge < -0.3 is 25.1 Å². The van der Waals surface area contributed by atoms with Crippen LogP contribution < -0.4 is 21.8 Å². The highest BCUT2D eigenvalue weighted by Crippen LogP contribution is 2.28. The van der Waals surface area contributed by atoms with Gasteiger partial charge >= 0.3 is 12.0 Å². The number of carbonyl (C=O) groups is 1. The molecule has 1 saturated heterocycles. The fourth-order valence-electron chi connectivity index (χ4n) is 4.42. The second-order valence-corrected chi connectivity index (χ2v) is 10.8. The smallest absolute Gasteiger partial charge is 0.318 e. The minimum Gasteiger partial charge on any atom is -0.442 e. The fraction of sp³-hybridized carbons (Fsp3) is 0.480. The average molecular weight is 536 g/mol. The van der Waals surface area contributed by atoms with Crippen molar-refractivity contribution in [2.45, 2.75) is 46.1 Å². The molecule has 3 aromatic heterocycles. The Balaban J connectivity index is 1.13. The first-order valence-electron chi connectivity index (χ1n) is 12.8. The van der Waals surface area contributed by atoms with E-state index in [-0.39, 0.29) is 24.7 Å². The molecule has 39 heavy (non-hydrogen) atoms. The van der Waals surface area contributed by atoms with Crippen LogP contribution in [0.25, 0.3) is 11.5 Å². The molecule has 0 bridgehead atoms. The molecule has 1 aliphatic heterocycles. The van der Waals surface area contributed by atoms with Crippen molar-refractivity contribution >= 4 is 17.9 Å². The minimum atomic E-state index is -0.603. The first kappa shape index (κ1) is 26.3. The first-order chi connectivity index (χ1) is 18.7. The molecule has 4 heterocycles. The number of fused-ring (bicyclic) bond motifs is 1. The second-order valence-electron chi connectivity index (χ2n) is 10.8. The number of hydrogen-bond acceptors (Lipinski definition) is 14. The molecular weight excluding hydrogens is 502 g/mol. The molecule has 1 unspecified atom stereocenters. The Labute approximate surface area is 225 Å². The van der Waals surface area contributed by atoms with E-state index < -0.39 is 5.41 Å². The van der Waals surface area contributed by atoms with Crippen LogP contribution in [0.1, 0.15) is 38.6 Å². The van der Waals surface area contributed by atoms with Crippen molar-refractivity contribution in [2.75, 3.05) is 30.0 Å². The highest BCUT2D eigenvalue weighted by atomic mass is 16.5. The molecule has 1 fully saturated rings. The van der Waals surface area contributed by atoms with Crippen LogP contribution in [-0.4, -0.2) is 67.0 Å². The van der Waals surface area contributed by atoms with E-state index in [0.717, 1.165) is 30.7 Å². The van der Waals surface area contributed by atoms with Gasteiger partial charge in [-0.1, -0.05) is 5.10 Å². The van der Waals surface area contributed by atoms with Crippen LogP contribution in [-0.2, 0) is 22.4 Å². The van der Waals surface area contributed by atoms with E-state index in [9.17, 15) is 4.79 Å². The number of esters is 1. The summed E-state index contributed by atoms with van der Waals surface area (Å²) < 4.78 is 11.1. The molecule has 5 N–H and O–H groups in total. The van der Waals surface area contributed by atoms with Crippen molar-refractivity contribution in [2.24, 2.45) is 22.9 Å². The number of carbonyl (C=O) groups excluding carboxylic acids is 1. The first-order valence-corrected chi connectivity index (χ1v) is 12.8. The Kier molecular flexibility index (Phi) is 7.28. The van der Waals surface area contributed by atoms with Gasteiger partial charge in [0.15, 0.2) is 6.73 Å². The van der Waals surface area contributed by atoms with Gasteiger partial charge in [-0.2, -0.15) is 0 Å². The summed E-state index contributed by atoms with van der Waals surface area (Å²) in [6.45, 7) is 6.54. The third-order valence-electron chi connectivity index (χ3n) is 6.59. The van der Waals surface area contributed by atoms with Gasteiger partial charge in [-0.05, 0) is 27.2 Å². The number of ether oxygens (including phenoxy) is 1. The molecule has 0 aromatic carbocycles. The largest absolute Gasteiger partial charge is 0.442 e. The lowest BCUT2D eigenvalue weighted by Gasteiger charge is -2.21. The van der Waals surface area contributed by atoms with Crippen LogP contribution in [0.5, 0.6) is 0 Å². The summed E-state index contributed by atoms with van der Waals surface area (Å²) in [6.07, 6.45) is 10.7. The standard InChI is InChI=1S/C25H33N11O3/c1-25(2,3)22(37)38-14-36(27)13-18(26)15-4-7-35(12-15)24-34-33-21(39-24)16-10-30-23(31-11-16)32-17-8-19-20(9-17)29-6-5-28-19/h5-6,10-11,13,15,17H,4,7-9,12,14,26-27H2,1-3H3,(H,30,31,32)/b18-13-. The van der Waals surface area contributed by atoms with E-state index >= 15 is 0 Å². The van der Waals surface area contributed by atoms with Gasteiger partial charge in [0.2, 0.25) is 5.95 Å². The number of aromatic nitrogens is 6. The van der Waals surface area contributed by atoms with Crippen molar-refractivity contribution in [3.8, 4) is 11.5 Å². The number of nitrogens with one attached hydrogen (secondary N) is 1. The van der Waals surface area contributed by atoms with Gasteiger partial charge in [-0.25, -0.2) is 15.8 Å². The summed E-state index contributed by atoms with van der Waals surface area (Å²) in [6, 6.07) is 0.549. The molecule has 1 aliphatic carbocycles. The Bertz CT molecular complexity index is 1310. The van der Waals surface area contributed by atoms with Gasteiger partial charge in [0, 0.05) is 74.6 Å². The summed E-state index contributed by atoms with van der Waals surface area (Å²) in [5.41, 5.74) is 8.90. The number of hydrogen-bond donors (Lipinski definition) is 3. The summed E-state index contributed by atoms with van der Waals surface area (Å²) in [5.74, 6) is 6.49. The third kappa shape index (κ3) is 6.22. The van der Waals surface area contributed by atoms with E-state index in [4.69, 9.17) is 20.7 Å². The van der Waals surface area contributed by atoms with Crippen LogP contribution in [0.4, 0.5) is 12.0 Å². The predicted molar refractivity (Wildman–Crippen MR) is 141 cm³/mol. The van der Waals surface area contributed by atoms with E-state index in [1.54, 1.807) is 51.8 Å². The molecule has 14 nitrogen and oxygen atoms in total. The van der Waals surface area contributed by atoms with Gasteiger partial charge in [-0.3, -0.25) is 19.8 Å². The van der Waals surface area contributed by atoms with E-state index in [0.29, 0.717) is 42.2 Å². The van der Waals surface area contributed by atoms with Crippen molar-refractivity contribution in [1.82, 2.24) is 35.1 Å². The third-order valence-corrected chi connectivity index (χ3v) is 6.59. The highest BCUT2D eigenvalue weighted by molar-refractivity contribution is 5.75. The molecule has 0 saturated carbocycles. The topological polar surface area (TPSA) is 187 Å². The van der Waals surface area contributed by atoms with Crippen molar-refractivity contribution in [3.63, 3.8) is 0 Å². The second kappa shape index (κ2) is 10.8. The monoisotopic (exact) mass is 535 g/mol. The molecule has 1 atom stereocenters. The van der Waals surface area contributed by atoms with E-state index in [2.05, 4.69) is 35.5 Å². The molecule has 0 spiro atoms. The fourth-order valence-corrected chi connectivity index (χ4v) is 4.42. The predicted octanol–water partition coefficient (Wildman–Crippen LogP) is 1.24. The Hall–Kier alpha value is -4.33. The van der Waals surface area contributed by atoms with Crippen LogP contribution >= 0.6 is 0 Å². The summed E-state index contributed by atoms with van der Waals surface area (Å²) >= 11 is 0. The maximum Gasteiger partial charge on any atom is 0.318 e. The maximum absolute atomic E-state index is 11.9. The zero-order chi connectivity index (χ0) is 27.6. The number of rotatable bonds is 8. The number of nitrogens with zero attached hydrogens (tertiary/aromatic N) is 8. The summed E-state index contributed by atoms with van der Waals surface area (Å²) in [5, 5.41) is 13.0. The number of anilines is 2. The van der Waals surface area contributed by atoms with Gasteiger partial charge in [0.1, 0.15) is 0 Å². The molecule has 5 rings (SSSR count). The molecule has 14 heteroatoms. The Morgan fingerprint density at radius 2 is 1.87 bits per heavy atom. The van der Waals surface area contributed by atoms with Crippen LogP contribution in [0.15, 0.2) is 41.1 Å². The van der Waals surface area contributed by atoms with Gasteiger partial charge in [0.25, 0.3) is 5.89 Å². The SMILES string of the molecule is CC(C)(C)C(=O)OCN(N)/C=C(\N)C1CCN(c2nnc(-c3cnc(NC4Cc5nccnc5C4)nc3)o2)C1. The van der Waals surface area contributed by atoms with Gasteiger partial charge in [-0.15, -0.1) is 5.10 Å². The zero-order valence-corrected chi connectivity index (χ0v) is 22.2. The lowest BCUT2D eigenvalue weighted by atomic mass is 9.98. The van der Waals surface area contributed by atoms with Crippen molar-refractivity contribution in [3.05, 3.63) is 48.1 Å². The molecule has 0 amide bonds. The summed E-state index contributed by atoms with van der Waals surface area (Å²) in [4.78, 5) is 31.5. The average Bonchev–Trinajstić information content (AvgIpc) is 3.66. The van der Waals surface area contributed by atoms with Crippen LogP contribution in [0.3, 0.4) is 0 Å². The Morgan fingerprint density at radius 1 is 1.18 bits per heavy atom. The lowest BCUT2D eigenvalue weighted by molar-refractivity contribution is -0.156. The lowest BCUT2D eigenvalue weighted by Crippen LogP contribution is -2.34. The molecule has 3 aromatic rings. The quantitative estimate of drug-likeness (QED) is 0.162. The Morgan fingerprint density at radius 3 is 2.54 bits per heavy atom. The maximum atomic E-state index is 11.9.